The van der Waals surface area contributed by atoms with Gasteiger partial charge < -0.3 is 10.2 Å². The van der Waals surface area contributed by atoms with Crippen molar-refractivity contribution < 1.29 is 10.2 Å². The minimum absolute atomic E-state index is 0.192. The second-order valence-corrected chi connectivity index (χ2v) is 11.2. The molecule has 164 valence electrons. The van der Waals surface area contributed by atoms with Crippen LogP contribution in [0, 0.1) is 23.2 Å². The van der Waals surface area contributed by atoms with E-state index in [0.29, 0.717) is 5.41 Å². The van der Waals surface area contributed by atoms with Crippen LogP contribution in [0.3, 0.4) is 0 Å². The van der Waals surface area contributed by atoms with Crippen molar-refractivity contribution in [1.29, 1.82) is 0 Å². The third-order valence-electron chi connectivity index (χ3n) is 8.36. The Labute approximate surface area is 179 Å². The van der Waals surface area contributed by atoms with E-state index in [1.807, 2.05) is 13.8 Å². The summed E-state index contributed by atoms with van der Waals surface area (Å²) in [5, 5.41) is 20.1. The number of aliphatic hydroxyl groups is 2. The molecule has 2 unspecified atom stereocenters. The van der Waals surface area contributed by atoms with Gasteiger partial charge in [0.2, 0.25) is 0 Å². The maximum absolute atomic E-state index is 10.0. The van der Waals surface area contributed by atoms with Crippen molar-refractivity contribution in [2.75, 3.05) is 0 Å². The highest BCUT2D eigenvalue weighted by atomic mass is 16.3. The van der Waals surface area contributed by atoms with Crippen LogP contribution in [0.2, 0.25) is 0 Å². The highest BCUT2D eigenvalue weighted by Gasteiger charge is 2.50. The van der Waals surface area contributed by atoms with E-state index in [-0.39, 0.29) is 6.10 Å². The van der Waals surface area contributed by atoms with Crippen LogP contribution in [0.4, 0.5) is 0 Å². The summed E-state index contributed by atoms with van der Waals surface area (Å²) in [6, 6.07) is 0. The minimum Gasteiger partial charge on any atom is -0.393 e. The monoisotopic (exact) mass is 400 g/mol. The molecule has 0 heterocycles. The van der Waals surface area contributed by atoms with Crippen LogP contribution < -0.4 is 0 Å². The Kier molecular flexibility index (Phi) is 7.16. The van der Waals surface area contributed by atoms with E-state index in [4.69, 9.17) is 0 Å². The molecule has 2 nitrogen and oxygen atoms in total. The van der Waals surface area contributed by atoms with Gasteiger partial charge in [0.1, 0.15) is 0 Å². The Morgan fingerprint density at radius 1 is 1.21 bits per heavy atom. The van der Waals surface area contributed by atoms with Gasteiger partial charge in [0.05, 0.1) is 11.7 Å². The Morgan fingerprint density at radius 2 is 1.97 bits per heavy atom. The molecule has 0 spiro atoms. The molecule has 3 fully saturated rings. The Hall–Kier alpha value is -0.860. The van der Waals surface area contributed by atoms with Crippen molar-refractivity contribution in [3.05, 3.63) is 35.5 Å². The normalized spacial score (nSPS) is 37.2. The van der Waals surface area contributed by atoms with Crippen LogP contribution >= 0.6 is 0 Å². The van der Waals surface area contributed by atoms with E-state index < -0.39 is 5.60 Å². The van der Waals surface area contributed by atoms with Crippen molar-refractivity contribution in [2.24, 2.45) is 23.2 Å². The van der Waals surface area contributed by atoms with E-state index in [0.717, 1.165) is 49.9 Å². The second kappa shape index (κ2) is 9.10. The molecular weight excluding hydrogens is 356 g/mol. The maximum atomic E-state index is 10.0. The average molecular weight is 401 g/mol. The van der Waals surface area contributed by atoms with Gasteiger partial charge in [-0.2, -0.15) is 0 Å². The summed E-state index contributed by atoms with van der Waals surface area (Å²) < 4.78 is 0. The third-order valence-corrected chi connectivity index (χ3v) is 8.36. The zero-order valence-corrected chi connectivity index (χ0v) is 19.3. The van der Waals surface area contributed by atoms with Crippen LogP contribution in [-0.4, -0.2) is 21.9 Å². The topological polar surface area (TPSA) is 40.5 Å². The molecular formula is C27H44O2. The van der Waals surface area contributed by atoms with E-state index in [2.05, 4.69) is 32.6 Å². The van der Waals surface area contributed by atoms with Gasteiger partial charge >= 0.3 is 0 Å². The van der Waals surface area contributed by atoms with Crippen molar-refractivity contribution >= 4 is 0 Å². The quantitative estimate of drug-likeness (QED) is 0.518. The molecule has 2 N–H and O–H groups in total. The van der Waals surface area contributed by atoms with E-state index >= 15 is 0 Å². The van der Waals surface area contributed by atoms with Gasteiger partial charge in [-0.1, -0.05) is 56.6 Å². The van der Waals surface area contributed by atoms with Gasteiger partial charge in [0, 0.05) is 0 Å². The first kappa shape index (κ1) is 22.8. The van der Waals surface area contributed by atoms with E-state index in [9.17, 15) is 10.2 Å². The van der Waals surface area contributed by atoms with Crippen LogP contribution in [0.15, 0.2) is 35.5 Å². The molecule has 0 aromatic rings. The molecule has 3 aliphatic rings. The fourth-order valence-corrected chi connectivity index (χ4v) is 6.67. The van der Waals surface area contributed by atoms with Gasteiger partial charge in [0.25, 0.3) is 0 Å². The van der Waals surface area contributed by atoms with Gasteiger partial charge in [-0.3, -0.25) is 0 Å². The summed E-state index contributed by atoms with van der Waals surface area (Å²) in [7, 11) is 0. The number of rotatable bonds is 6. The third kappa shape index (κ3) is 5.44. The van der Waals surface area contributed by atoms with Crippen molar-refractivity contribution in [3.8, 4) is 0 Å². The molecule has 5 atom stereocenters. The van der Waals surface area contributed by atoms with Crippen LogP contribution in [-0.2, 0) is 0 Å². The summed E-state index contributed by atoms with van der Waals surface area (Å²) in [4.78, 5) is 0. The summed E-state index contributed by atoms with van der Waals surface area (Å²) in [6.07, 6.45) is 16.9. The lowest BCUT2D eigenvalue weighted by Gasteiger charge is -2.44. The maximum Gasteiger partial charge on any atom is 0.0591 e. The Morgan fingerprint density at radius 3 is 2.69 bits per heavy atom. The zero-order chi connectivity index (χ0) is 21.2. The van der Waals surface area contributed by atoms with Crippen LogP contribution in [0.5, 0.6) is 0 Å². The standard InChI is InChI=1S/C27H44O2/c1-19-10-13-23(28)18-22(19)12-11-21-9-7-17-27(5)24(14-15-25(21)27)20(2)8-6-16-26(3,4)29/h11-12,20,23-25,28-29H,1,6-10,13-18H2,2-5H3/t20?,23-,24+,25?,27+/m0/s1. The highest BCUT2D eigenvalue weighted by Crippen LogP contribution is 2.60. The molecule has 29 heavy (non-hydrogen) atoms. The molecule has 0 aromatic carbocycles. The lowest BCUT2D eigenvalue weighted by Crippen LogP contribution is -2.36. The second-order valence-electron chi connectivity index (χ2n) is 11.2. The smallest absolute Gasteiger partial charge is 0.0591 e. The molecule has 3 saturated carbocycles. The van der Waals surface area contributed by atoms with Crippen molar-refractivity contribution in [1.82, 2.24) is 0 Å². The first-order valence-corrected chi connectivity index (χ1v) is 12.1. The molecule has 0 bridgehead atoms. The highest BCUT2D eigenvalue weighted by molar-refractivity contribution is 5.36. The van der Waals surface area contributed by atoms with Crippen LogP contribution in [0.1, 0.15) is 98.3 Å². The lowest BCUT2D eigenvalue weighted by molar-refractivity contribution is 0.0596. The minimum atomic E-state index is -0.535. The molecule has 3 rings (SSSR count). The number of aliphatic hydroxyl groups excluding tert-OH is 1. The Bertz CT molecular complexity index is 650. The SMILES string of the molecule is C=C1CC[C@H](O)CC1=CC=C1CCC[C@@]2(C)C1CC[C@@H]2C(C)CCCC(C)(C)O. The number of fused-ring (bicyclic) bond motifs is 1. The summed E-state index contributed by atoms with van der Waals surface area (Å²) in [5.41, 5.74) is 4.02. The molecule has 2 heteroatoms. The van der Waals surface area contributed by atoms with E-state index in [1.54, 1.807) is 5.57 Å². The van der Waals surface area contributed by atoms with Gasteiger partial charge in [0.15, 0.2) is 0 Å². The fourth-order valence-electron chi connectivity index (χ4n) is 6.67. The van der Waals surface area contributed by atoms with Gasteiger partial charge in [-0.15, -0.1) is 0 Å². The molecule has 0 saturated heterocycles. The first-order valence-electron chi connectivity index (χ1n) is 12.1. The van der Waals surface area contributed by atoms with Gasteiger partial charge in [-0.25, -0.2) is 0 Å². The molecule has 3 aliphatic carbocycles. The van der Waals surface area contributed by atoms with Crippen molar-refractivity contribution in [3.63, 3.8) is 0 Å². The number of hydrogen-bond acceptors (Lipinski definition) is 2. The summed E-state index contributed by atoms with van der Waals surface area (Å²) in [6.45, 7) is 13.1. The predicted molar refractivity (Wildman–Crippen MR) is 123 cm³/mol. The molecule has 0 aliphatic heterocycles. The van der Waals surface area contributed by atoms with Crippen LogP contribution in [0.25, 0.3) is 0 Å². The summed E-state index contributed by atoms with van der Waals surface area (Å²) in [5.74, 6) is 2.26. The Balaban J connectivity index is 1.68. The predicted octanol–water partition coefficient (Wildman–Crippen LogP) is 6.73. The first-order chi connectivity index (χ1) is 13.6. The average Bonchev–Trinajstić information content (AvgIpc) is 2.99. The zero-order valence-electron chi connectivity index (χ0n) is 19.3. The number of allylic oxidation sites excluding steroid dienone is 4. The molecule has 0 radical (unpaired) electrons. The fraction of sp³-hybridized carbons (Fsp3) is 0.778. The largest absolute Gasteiger partial charge is 0.393 e. The number of hydrogen-bond donors (Lipinski definition) is 2. The van der Waals surface area contributed by atoms with Crippen molar-refractivity contribution in [2.45, 2.75) is 110 Å². The summed E-state index contributed by atoms with van der Waals surface area (Å²) >= 11 is 0. The van der Waals surface area contributed by atoms with Gasteiger partial charge in [-0.05, 0) is 100 Å². The molecule has 0 amide bonds. The lowest BCUT2D eigenvalue weighted by atomic mass is 9.60. The molecule has 0 aromatic heterocycles. The van der Waals surface area contributed by atoms with E-state index in [1.165, 1.54) is 49.7 Å².